The monoisotopic (exact) mass is 286 g/mol. The summed E-state index contributed by atoms with van der Waals surface area (Å²) in [5.41, 5.74) is 2.88. The van der Waals surface area contributed by atoms with Crippen LogP contribution in [0.15, 0.2) is 35.2 Å². The van der Waals surface area contributed by atoms with Crippen LogP contribution < -0.4 is 5.32 Å². The fourth-order valence-corrected chi connectivity index (χ4v) is 2.22. The summed E-state index contributed by atoms with van der Waals surface area (Å²) in [6, 6.07) is 5.19. The predicted octanol–water partition coefficient (Wildman–Crippen LogP) is 4.01. The fraction of sp³-hybridized carbons (Fsp3) is 0.308. The van der Waals surface area contributed by atoms with Gasteiger partial charge >= 0.3 is 6.18 Å². The van der Waals surface area contributed by atoms with E-state index in [0.29, 0.717) is 6.54 Å². The van der Waals surface area contributed by atoms with Gasteiger partial charge in [-0.05, 0) is 24.6 Å². The highest BCUT2D eigenvalue weighted by Crippen LogP contribution is 2.29. The third-order valence-corrected chi connectivity index (χ3v) is 3.45. The maximum atomic E-state index is 12.4. The molecule has 102 valence electrons. The molecule has 0 aliphatic heterocycles. The molecule has 0 saturated heterocycles. The third-order valence-electron chi connectivity index (χ3n) is 2.81. The van der Waals surface area contributed by atoms with Crippen LogP contribution in [0.3, 0.4) is 0 Å². The maximum absolute atomic E-state index is 12.4. The second-order valence-electron chi connectivity index (χ2n) is 4.20. The van der Waals surface area contributed by atoms with Crippen LogP contribution in [0.2, 0.25) is 0 Å². The molecule has 1 N–H and O–H groups in total. The van der Waals surface area contributed by atoms with Crippen molar-refractivity contribution in [1.29, 1.82) is 0 Å². The van der Waals surface area contributed by atoms with Gasteiger partial charge in [-0.2, -0.15) is 13.2 Å². The second-order valence-corrected chi connectivity index (χ2v) is 4.92. The van der Waals surface area contributed by atoms with Crippen LogP contribution in [0.4, 0.5) is 13.2 Å². The van der Waals surface area contributed by atoms with Gasteiger partial charge in [-0.3, -0.25) is 0 Å². The smallest absolute Gasteiger partial charge is 0.305 e. The van der Waals surface area contributed by atoms with E-state index >= 15 is 0 Å². The summed E-state index contributed by atoms with van der Waals surface area (Å²) in [7, 11) is 0. The number of nitrogens with one attached hydrogen (secondary N) is 1. The molecule has 2 rings (SSSR count). The minimum atomic E-state index is -4.28. The summed E-state index contributed by atoms with van der Waals surface area (Å²) in [5, 5.41) is 5.16. The Labute approximate surface area is 113 Å². The molecule has 1 aromatic carbocycles. The number of hydrogen-bond donors (Lipinski definition) is 1. The first-order chi connectivity index (χ1) is 8.97. The van der Waals surface area contributed by atoms with E-state index in [0.717, 1.165) is 23.4 Å². The van der Waals surface area contributed by atoms with Gasteiger partial charge < -0.3 is 5.32 Å². The highest BCUT2D eigenvalue weighted by Gasteiger charge is 2.30. The predicted molar refractivity (Wildman–Crippen MR) is 68.8 cm³/mol. The molecule has 1 aromatic heterocycles. The number of alkyl halides is 3. The Morgan fingerprint density at radius 2 is 1.95 bits per heavy atom. The summed E-state index contributed by atoms with van der Waals surface area (Å²) < 4.78 is 37.3. The van der Waals surface area contributed by atoms with Gasteiger partial charge in [0.05, 0.1) is 16.8 Å². The molecular weight excluding hydrogens is 273 g/mol. The van der Waals surface area contributed by atoms with Gasteiger partial charge in [0.2, 0.25) is 0 Å². The Morgan fingerprint density at radius 1 is 1.26 bits per heavy atom. The van der Waals surface area contributed by atoms with Gasteiger partial charge in [0.1, 0.15) is 0 Å². The lowest BCUT2D eigenvalue weighted by Gasteiger charge is -2.14. The lowest BCUT2D eigenvalue weighted by Crippen LogP contribution is -2.18. The molecule has 0 aliphatic rings. The largest absolute Gasteiger partial charge is 0.416 e. The Morgan fingerprint density at radius 3 is 2.47 bits per heavy atom. The first-order valence-corrected chi connectivity index (χ1v) is 6.68. The van der Waals surface area contributed by atoms with E-state index in [1.54, 1.807) is 5.51 Å². The minimum absolute atomic E-state index is 0.0241. The quantitative estimate of drug-likeness (QED) is 0.918. The SMILES string of the molecule is C[C@@H](NCc1cscn1)c1ccc(C(F)(F)F)cc1. The van der Waals surface area contributed by atoms with E-state index in [-0.39, 0.29) is 6.04 Å². The number of thiazole rings is 1. The van der Waals surface area contributed by atoms with Crippen molar-refractivity contribution in [3.05, 3.63) is 52.0 Å². The summed E-state index contributed by atoms with van der Waals surface area (Å²) >= 11 is 1.52. The van der Waals surface area contributed by atoms with Crippen molar-refractivity contribution in [2.45, 2.75) is 25.7 Å². The molecule has 0 bridgehead atoms. The number of rotatable bonds is 4. The molecule has 19 heavy (non-hydrogen) atoms. The molecule has 1 atom stereocenters. The van der Waals surface area contributed by atoms with Crippen LogP contribution in [0.25, 0.3) is 0 Å². The molecule has 2 nitrogen and oxygen atoms in total. The number of benzene rings is 1. The molecule has 0 radical (unpaired) electrons. The van der Waals surface area contributed by atoms with Gasteiger partial charge in [0.15, 0.2) is 0 Å². The lowest BCUT2D eigenvalue weighted by molar-refractivity contribution is -0.137. The number of hydrogen-bond acceptors (Lipinski definition) is 3. The average molecular weight is 286 g/mol. The van der Waals surface area contributed by atoms with Crippen LogP contribution in [-0.4, -0.2) is 4.98 Å². The van der Waals surface area contributed by atoms with Crippen LogP contribution in [0, 0.1) is 0 Å². The van der Waals surface area contributed by atoms with Crippen molar-refractivity contribution in [2.75, 3.05) is 0 Å². The van der Waals surface area contributed by atoms with E-state index in [4.69, 9.17) is 0 Å². The van der Waals surface area contributed by atoms with Crippen molar-refractivity contribution in [3.63, 3.8) is 0 Å². The molecule has 0 saturated carbocycles. The summed E-state index contributed by atoms with van der Waals surface area (Å²) in [4.78, 5) is 4.14. The van der Waals surface area contributed by atoms with E-state index in [9.17, 15) is 13.2 Å². The minimum Gasteiger partial charge on any atom is -0.305 e. The van der Waals surface area contributed by atoms with Gasteiger partial charge in [-0.1, -0.05) is 12.1 Å². The Bertz CT molecular complexity index is 506. The lowest BCUT2D eigenvalue weighted by atomic mass is 10.1. The van der Waals surface area contributed by atoms with E-state index < -0.39 is 11.7 Å². The highest BCUT2D eigenvalue weighted by atomic mass is 32.1. The Hall–Kier alpha value is -1.40. The third kappa shape index (κ3) is 3.78. The average Bonchev–Trinajstić information content (AvgIpc) is 2.88. The number of aromatic nitrogens is 1. The van der Waals surface area contributed by atoms with Crippen molar-refractivity contribution >= 4 is 11.3 Å². The zero-order valence-corrected chi connectivity index (χ0v) is 11.1. The second kappa shape index (κ2) is 5.71. The topological polar surface area (TPSA) is 24.9 Å². The van der Waals surface area contributed by atoms with Crippen molar-refractivity contribution in [3.8, 4) is 0 Å². The highest BCUT2D eigenvalue weighted by molar-refractivity contribution is 7.07. The van der Waals surface area contributed by atoms with Gasteiger partial charge in [-0.15, -0.1) is 11.3 Å². The number of nitrogens with zero attached hydrogens (tertiary/aromatic N) is 1. The Balaban J connectivity index is 1.97. The van der Waals surface area contributed by atoms with E-state index in [1.165, 1.54) is 23.5 Å². The molecule has 0 unspecified atom stereocenters. The zero-order valence-electron chi connectivity index (χ0n) is 10.2. The standard InChI is InChI=1S/C13H13F3N2S/c1-9(17-6-12-7-19-8-18-12)10-2-4-11(5-3-10)13(14,15)16/h2-5,7-9,17H,6H2,1H3/t9-/m1/s1. The normalized spacial score (nSPS) is 13.5. The molecule has 0 fully saturated rings. The number of halogens is 3. The van der Waals surface area contributed by atoms with E-state index in [2.05, 4.69) is 10.3 Å². The molecule has 6 heteroatoms. The van der Waals surface area contributed by atoms with Gasteiger partial charge in [0, 0.05) is 18.0 Å². The van der Waals surface area contributed by atoms with Crippen LogP contribution >= 0.6 is 11.3 Å². The van der Waals surface area contributed by atoms with Gasteiger partial charge in [-0.25, -0.2) is 4.98 Å². The first kappa shape index (κ1) is 14.0. The first-order valence-electron chi connectivity index (χ1n) is 5.74. The summed E-state index contributed by atoms with van der Waals surface area (Å²) in [6.07, 6.45) is -4.28. The molecule has 1 heterocycles. The fourth-order valence-electron chi connectivity index (χ4n) is 1.66. The zero-order chi connectivity index (χ0) is 13.9. The van der Waals surface area contributed by atoms with Gasteiger partial charge in [0.25, 0.3) is 0 Å². The van der Waals surface area contributed by atoms with E-state index in [1.807, 2.05) is 12.3 Å². The summed E-state index contributed by atoms with van der Waals surface area (Å²) in [5.74, 6) is 0. The summed E-state index contributed by atoms with van der Waals surface area (Å²) in [6.45, 7) is 2.51. The van der Waals surface area contributed by atoms with Crippen LogP contribution in [0.5, 0.6) is 0 Å². The van der Waals surface area contributed by atoms with Crippen LogP contribution in [-0.2, 0) is 12.7 Å². The molecule has 2 aromatic rings. The maximum Gasteiger partial charge on any atom is 0.416 e. The van der Waals surface area contributed by atoms with Crippen LogP contribution in [0.1, 0.15) is 29.8 Å². The molecular formula is C13H13F3N2S. The van der Waals surface area contributed by atoms with Crippen molar-refractivity contribution in [2.24, 2.45) is 0 Å². The van der Waals surface area contributed by atoms with Crippen molar-refractivity contribution in [1.82, 2.24) is 10.3 Å². The molecule has 0 amide bonds. The Kier molecular flexibility index (Phi) is 4.21. The molecule has 0 aliphatic carbocycles. The van der Waals surface area contributed by atoms with Crippen molar-refractivity contribution < 1.29 is 13.2 Å². The molecule has 0 spiro atoms.